The minimum absolute atomic E-state index is 0.00239. The molecule has 1 saturated heterocycles. The highest BCUT2D eigenvalue weighted by atomic mass is 32.2. The molecule has 0 bridgehead atoms. The number of rotatable bonds is 4. The van der Waals surface area contributed by atoms with E-state index in [0.29, 0.717) is 19.0 Å². The molecule has 33 heavy (non-hydrogen) atoms. The van der Waals surface area contributed by atoms with Crippen LogP contribution in [0.15, 0.2) is 53.6 Å². The first-order valence-electron chi connectivity index (χ1n) is 11.7. The van der Waals surface area contributed by atoms with E-state index < -0.39 is 0 Å². The predicted octanol–water partition coefficient (Wildman–Crippen LogP) is 4.59. The standard InChI is InChI=1S/C26H29N3O2S2/c30-25(18-33-26(32)28-12-14-31-15-13-28)29-24(20-7-2-1-3-8-20)17-23(27-29)22-11-10-19-6-4-5-9-21(19)16-22/h1-3,7-8,10-11,16,24H,4-6,9,12-15,17-18H2/t24-/m1/s1. The number of morpholine rings is 1. The van der Waals surface area contributed by atoms with Crippen molar-refractivity contribution in [1.29, 1.82) is 0 Å². The lowest BCUT2D eigenvalue weighted by Gasteiger charge is -2.29. The van der Waals surface area contributed by atoms with Crippen LogP contribution < -0.4 is 0 Å². The number of hydrazone groups is 1. The van der Waals surface area contributed by atoms with Crippen molar-refractivity contribution >= 4 is 39.9 Å². The molecule has 2 aliphatic heterocycles. The molecule has 5 nitrogen and oxygen atoms in total. The van der Waals surface area contributed by atoms with Gasteiger partial charge in [0.15, 0.2) is 0 Å². The Balaban J connectivity index is 1.34. The monoisotopic (exact) mass is 479 g/mol. The van der Waals surface area contributed by atoms with Gasteiger partial charge in [-0.1, -0.05) is 66.4 Å². The van der Waals surface area contributed by atoms with Gasteiger partial charge in [0, 0.05) is 19.5 Å². The number of hydrogen-bond acceptors (Lipinski definition) is 5. The number of amides is 1. The van der Waals surface area contributed by atoms with E-state index in [2.05, 4.69) is 35.2 Å². The molecule has 0 radical (unpaired) electrons. The fourth-order valence-electron chi connectivity index (χ4n) is 4.79. The zero-order chi connectivity index (χ0) is 22.6. The molecule has 7 heteroatoms. The van der Waals surface area contributed by atoms with E-state index in [1.54, 1.807) is 5.01 Å². The molecule has 0 saturated carbocycles. The van der Waals surface area contributed by atoms with Crippen LogP contribution in [0.5, 0.6) is 0 Å². The van der Waals surface area contributed by atoms with Crippen LogP contribution >= 0.6 is 24.0 Å². The van der Waals surface area contributed by atoms with Crippen molar-refractivity contribution in [3.8, 4) is 0 Å². The minimum Gasteiger partial charge on any atom is -0.378 e. The summed E-state index contributed by atoms with van der Waals surface area (Å²) in [4.78, 5) is 15.4. The van der Waals surface area contributed by atoms with E-state index in [1.165, 1.54) is 42.2 Å². The van der Waals surface area contributed by atoms with Crippen molar-refractivity contribution in [3.63, 3.8) is 0 Å². The van der Waals surface area contributed by atoms with Crippen molar-refractivity contribution < 1.29 is 9.53 Å². The van der Waals surface area contributed by atoms with Crippen molar-refractivity contribution in [1.82, 2.24) is 9.91 Å². The van der Waals surface area contributed by atoms with E-state index in [9.17, 15) is 4.79 Å². The first kappa shape index (κ1) is 22.6. The highest BCUT2D eigenvalue weighted by molar-refractivity contribution is 8.23. The van der Waals surface area contributed by atoms with Crippen LogP contribution in [0.1, 0.15) is 47.6 Å². The number of nitrogens with zero attached hydrogens (tertiary/aromatic N) is 3. The Kier molecular flexibility index (Phi) is 7.09. The third-order valence-corrected chi connectivity index (χ3v) is 8.13. The number of thioether (sulfide) groups is 1. The lowest BCUT2D eigenvalue weighted by atomic mass is 9.89. The summed E-state index contributed by atoms with van der Waals surface area (Å²) in [6.45, 7) is 2.95. The van der Waals surface area contributed by atoms with Gasteiger partial charge in [-0.2, -0.15) is 5.10 Å². The van der Waals surface area contributed by atoms with Crippen LogP contribution in [0, 0.1) is 0 Å². The van der Waals surface area contributed by atoms with Crippen LogP contribution in [0.4, 0.5) is 0 Å². The molecule has 172 valence electrons. The van der Waals surface area contributed by atoms with Crippen molar-refractivity contribution in [2.24, 2.45) is 5.10 Å². The maximum Gasteiger partial charge on any atom is 0.253 e. The minimum atomic E-state index is -0.0812. The van der Waals surface area contributed by atoms with Gasteiger partial charge < -0.3 is 9.64 Å². The second-order valence-corrected chi connectivity index (χ2v) is 10.4. The molecule has 2 aromatic carbocycles. The smallest absolute Gasteiger partial charge is 0.253 e. The number of fused-ring (bicyclic) bond motifs is 1. The van der Waals surface area contributed by atoms with E-state index >= 15 is 0 Å². The van der Waals surface area contributed by atoms with Gasteiger partial charge >= 0.3 is 0 Å². The van der Waals surface area contributed by atoms with Crippen LogP contribution in [0.2, 0.25) is 0 Å². The average Bonchev–Trinajstić information content (AvgIpc) is 3.33. The molecule has 0 unspecified atom stereocenters. The molecule has 1 atom stereocenters. The highest BCUT2D eigenvalue weighted by Crippen LogP contribution is 2.34. The van der Waals surface area contributed by atoms with Gasteiger partial charge in [0.2, 0.25) is 0 Å². The zero-order valence-corrected chi connectivity index (χ0v) is 20.4. The summed E-state index contributed by atoms with van der Waals surface area (Å²) in [7, 11) is 0. The van der Waals surface area contributed by atoms with E-state index in [0.717, 1.165) is 47.1 Å². The molecule has 0 N–H and O–H groups in total. The molecule has 1 amide bonds. The van der Waals surface area contributed by atoms with Crippen LogP contribution in [0.3, 0.4) is 0 Å². The van der Waals surface area contributed by atoms with E-state index in [1.807, 2.05) is 18.2 Å². The Morgan fingerprint density at radius 3 is 2.61 bits per heavy atom. The van der Waals surface area contributed by atoms with E-state index in [4.69, 9.17) is 22.1 Å². The van der Waals surface area contributed by atoms with Gasteiger partial charge in [0.1, 0.15) is 4.32 Å². The number of carbonyl (C=O) groups excluding carboxylic acids is 1. The van der Waals surface area contributed by atoms with Gasteiger partial charge in [-0.05, 0) is 54.0 Å². The summed E-state index contributed by atoms with van der Waals surface area (Å²) in [5.41, 5.74) is 6.15. The number of benzene rings is 2. The fraction of sp³-hybridized carbons (Fsp3) is 0.423. The van der Waals surface area contributed by atoms with Crippen molar-refractivity contribution in [3.05, 3.63) is 70.8 Å². The number of hydrogen-bond donors (Lipinski definition) is 0. The van der Waals surface area contributed by atoms with Crippen molar-refractivity contribution in [2.45, 2.75) is 38.1 Å². The highest BCUT2D eigenvalue weighted by Gasteiger charge is 2.33. The number of thiocarbonyl (C=S) groups is 1. The summed E-state index contributed by atoms with van der Waals surface area (Å²) in [5.74, 6) is 0.290. The normalized spacial score (nSPS) is 20.4. The molecule has 1 aliphatic carbocycles. The zero-order valence-electron chi connectivity index (χ0n) is 18.7. The molecular weight excluding hydrogens is 450 g/mol. The van der Waals surface area contributed by atoms with Gasteiger partial charge in [-0.25, -0.2) is 5.01 Å². The average molecular weight is 480 g/mol. The van der Waals surface area contributed by atoms with Crippen LogP contribution in [-0.4, -0.2) is 57.9 Å². The number of carbonyl (C=O) groups is 1. The summed E-state index contributed by atoms with van der Waals surface area (Å²) >= 11 is 7.01. The molecule has 1 fully saturated rings. The van der Waals surface area contributed by atoms with Crippen LogP contribution in [0.25, 0.3) is 0 Å². The maximum atomic E-state index is 13.3. The Labute approximate surface area is 205 Å². The first-order valence-corrected chi connectivity index (χ1v) is 13.1. The quantitative estimate of drug-likeness (QED) is 0.600. The Morgan fingerprint density at radius 2 is 1.82 bits per heavy atom. The predicted molar refractivity (Wildman–Crippen MR) is 138 cm³/mol. The first-order chi connectivity index (χ1) is 16.2. The molecule has 3 aliphatic rings. The molecule has 0 aromatic heterocycles. The van der Waals surface area contributed by atoms with Gasteiger partial charge in [0.25, 0.3) is 5.91 Å². The Morgan fingerprint density at radius 1 is 1.06 bits per heavy atom. The lowest BCUT2D eigenvalue weighted by molar-refractivity contribution is -0.130. The second kappa shape index (κ2) is 10.4. The van der Waals surface area contributed by atoms with Gasteiger partial charge in [-0.15, -0.1) is 0 Å². The summed E-state index contributed by atoms with van der Waals surface area (Å²) in [6, 6.07) is 16.9. The maximum absolute atomic E-state index is 13.3. The summed E-state index contributed by atoms with van der Waals surface area (Å²) in [5, 5.41) is 6.56. The molecule has 5 rings (SSSR count). The van der Waals surface area contributed by atoms with Crippen LogP contribution in [-0.2, 0) is 22.4 Å². The Hall–Kier alpha value is -2.22. The summed E-state index contributed by atoms with van der Waals surface area (Å²) in [6.07, 6.45) is 5.56. The third kappa shape index (κ3) is 5.15. The molecule has 2 aromatic rings. The summed E-state index contributed by atoms with van der Waals surface area (Å²) < 4.78 is 6.17. The molecule has 0 spiro atoms. The molecular formula is C26H29N3O2S2. The third-order valence-electron chi connectivity index (χ3n) is 6.62. The van der Waals surface area contributed by atoms with Gasteiger partial charge in [0.05, 0.1) is 30.7 Å². The SMILES string of the molecule is O=C(CSC(=S)N1CCOCC1)N1N=C(c2ccc3c(c2)CCCC3)C[C@@H]1c1ccccc1. The lowest BCUT2D eigenvalue weighted by Crippen LogP contribution is -2.39. The number of ether oxygens (including phenoxy) is 1. The second-order valence-electron chi connectivity index (χ2n) is 8.76. The number of aryl methyl sites for hydroxylation is 2. The van der Waals surface area contributed by atoms with Crippen molar-refractivity contribution in [2.75, 3.05) is 32.1 Å². The Bertz CT molecular complexity index is 1050. The fourth-order valence-corrected chi connectivity index (χ4v) is 5.89. The van der Waals surface area contributed by atoms with E-state index in [-0.39, 0.29) is 11.9 Å². The van der Waals surface area contributed by atoms with Gasteiger partial charge in [-0.3, -0.25) is 4.79 Å². The topological polar surface area (TPSA) is 45.1 Å². The largest absolute Gasteiger partial charge is 0.378 e. The molecule has 2 heterocycles.